The third kappa shape index (κ3) is 7.21. The molecule has 128 valence electrons. The molecule has 0 saturated carbocycles. The molecule has 1 aromatic carbocycles. The fraction of sp³-hybridized carbons (Fsp3) is 0.562. The van der Waals surface area contributed by atoms with Gasteiger partial charge in [-0.15, -0.1) is 5.10 Å². The van der Waals surface area contributed by atoms with Gasteiger partial charge in [0.1, 0.15) is 0 Å². The Morgan fingerprint density at radius 2 is 1.96 bits per heavy atom. The van der Waals surface area contributed by atoms with Crippen LogP contribution in [0.1, 0.15) is 58.6 Å². The number of aromatic nitrogens is 4. The van der Waals surface area contributed by atoms with E-state index in [-0.39, 0.29) is 5.54 Å². The lowest BCUT2D eigenvalue weighted by molar-refractivity contribution is 0.165. The molecule has 0 aliphatic heterocycles. The number of hydrogen-bond acceptors (Lipinski definition) is 6. The summed E-state index contributed by atoms with van der Waals surface area (Å²) in [6, 6.07) is 5.37. The number of nitrogens with one attached hydrogen (secondary N) is 1. The van der Waals surface area contributed by atoms with Gasteiger partial charge >= 0.3 is 0 Å². The SMILES string of the molecule is CC(C)(C)N.CCCCC(O)c1ccc(N)cc1-c1nnn[nH]1. The van der Waals surface area contributed by atoms with Gasteiger partial charge in [0.15, 0.2) is 5.82 Å². The minimum atomic E-state index is -0.523. The summed E-state index contributed by atoms with van der Waals surface area (Å²) in [7, 11) is 0. The summed E-state index contributed by atoms with van der Waals surface area (Å²) in [6.45, 7) is 7.99. The summed E-state index contributed by atoms with van der Waals surface area (Å²) in [5, 5.41) is 23.9. The molecule has 0 fully saturated rings. The first-order valence-corrected chi connectivity index (χ1v) is 7.82. The quantitative estimate of drug-likeness (QED) is 0.627. The van der Waals surface area contributed by atoms with Crippen molar-refractivity contribution < 1.29 is 5.11 Å². The van der Waals surface area contributed by atoms with Crippen LogP contribution in [-0.2, 0) is 0 Å². The number of anilines is 1. The van der Waals surface area contributed by atoms with Crippen molar-refractivity contribution in [2.75, 3.05) is 5.73 Å². The second-order valence-corrected chi connectivity index (χ2v) is 6.62. The van der Waals surface area contributed by atoms with Crippen LogP contribution in [0, 0.1) is 0 Å². The van der Waals surface area contributed by atoms with Crippen molar-refractivity contribution in [2.45, 2.75) is 58.6 Å². The molecule has 6 N–H and O–H groups in total. The molecule has 0 radical (unpaired) electrons. The van der Waals surface area contributed by atoms with Crippen molar-refractivity contribution >= 4 is 5.69 Å². The largest absolute Gasteiger partial charge is 0.399 e. The maximum absolute atomic E-state index is 10.2. The zero-order valence-electron chi connectivity index (χ0n) is 14.4. The van der Waals surface area contributed by atoms with Gasteiger partial charge in [-0.25, -0.2) is 5.10 Å². The summed E-state index contributed by atoms with van der Waals surface area (Å²) in [5.41, 5.74) is 13.3. The first kappa shape index (κ1) is 19.1. The number of aliphatic hydroxyl groups is 1. The van der Waals surface area contributed by atoms with E-state index in [9.17, 15) is 5.11 Å². The monoisotopic (exact) mass is 320 g/mol. The Hall–Kier alpha value is -1.99. The molecule has 0 aliphatic rings. The number of aliphatic hydroxyl groups excluding tert-OH is 1. The molecule has 7 nitrogen and oxygen atoms in total. The second kappa shape index (κ2) is 8.59. The van der Waals surface area contributed by atoms with Crippen LogP contribution in [0.25, 0.3) is 11.4 Å². The van der Waals surface area contributed by atoms with Crippen molar-refractivity contribution in [3.05, 3.63) is 23.8 Å². The average Bonchev–Trinajstić information content (AvgIpc) is 2.97. The van der Waals surface area contributed by atoms with Crippen molar-refractivity contribution in [3.8, 4) is 11.4 Å². The lowest BCUT2D eigenvalue weighted by atomic mass is 9.97. The highest BCUT2D eigenvalue weighted by atomic mass is 16.3. The third-order valence-electron chi connectivity index (χ3n) is 2.87. The lowest BCUT2D eigenvalue weighted by Gasteiger charge is -2.14. The summed E-state index contributed by atoms with van der Waals surface area (Å²) < 4.78 is 0. The highest BCUT2D eigenvalue weighted by Crippen LogP contribution is 2.30. The number of benzene rings is 1. The van der Waals surface area contributed by atoms with Crippen molar-refractivity contribution in [3.63, 3.8) is 0 Å². The lowest BCUT2D eigenvalue weighted by Crippen LogP contribution is -2.26. The van der Waals surface area contributed by atoms with Gasteiger partial charge in [0.05, 0.1) is 6.10 Å². The van der Waals surface area contributed by atoms with Crippen molar-refractivity contribution in [2.24, 2.45) is 5.73 Å². The number of nitrogen functional groups attached to an aromatic ring is 1. The van der Waals surface area contributed by atoms with E-state index in [0.717, 1.165) is 30.4 Å². The van der Waals surface area contributed by atoms with Gasteiger partial charge in [-0.05, 0) is 55.3 Å². The number of tetrazole rings is 1. The number of H-pyrrole nitrogens is 1. The van der Waals surface area contributed by atoms with E-state index in [4.69, 9.17) is 11.5 Å². The summed E-state index contributed by atoms with van der Waals surface area (Å²) in [5.74, 6) is 0.521. The molecule has 1 unspecified atom stereocenters. The first-order chi connectivity index (χ1) is 10.7. The Morgan fingerprint density at radius 1 is 1.30 bits per heavy atom. The van der Waals surface area contributed by atoms with E-state index in [0.29, 0.717) is 11.5 Å². The normalized spacial score (nSPS) is 12.4. The van der Waals surface area contributed by atoms with E-state index in [1.165, 1.54) is 0 Å². The molecule has 1 aromatic heterocycles. The fourth-order valence-electron chi connectivity index (χ4n) is 1.90. The molecule has 2 aromatic rings. The van der Waals surface area contributed by atoms with E-state index < -0.39 is 6.10 Å². The Kier molecular flexibility index (Phi) is 7.12. The highest BCUT2D eigenvalue weighted by molar-refractivity contribution is 5.65. The van der Waals surface area contributed by atoms with Crippen LogP contribution in [0.5, 0.6) is 0 Å². The fourth-order valence-corrected chi connectivity index (χ4v) is 1.90. The van der Waals surface area contributed by atoms with Crippen LogP contribution in [0.2, 0.25) is 0 Å². The average molecular weight is 320 g/mol. The smallest absolute Gasteiger partial charge is 0.179 e. The van der Waals surface area contributed by atoms with Crippen LogP contribution >= 0.6 is 0 Å². The maximum atomic E-state index is 10.2. The van der Waals surface area contributed by atoms with Crippen LogP contribution in [0.4, 0.5) is 5.69 Å². The molecular formula is C16H28N6O. The number of aromatic amines is 1. The number of nitrogens with two attached hydrogens (primary N) is 2. The Labute approximate surface area is 137 Å². The zero-order chi connectivity index (χ0) is 17.5. The minimum absolute atomic E-state index is 0. The predicted octanol–water partition coefficient (Wildman–Crippen LogP) is 2.42. The molecule has 0 saturated heterocycles. The van der Waals surface area contributed by atoms with Crippen LogP contribution < -0.4 is 11.5 Å². The topological polar surface area (TPSA) is 127 Å². The second-order valence-electron chi connectivity index (χ2n) is 6.62. The van der Waals surface area contributed by atoms with Gasteiger partial charge in [0, 0.05) is 16.8 Å². The van der Waals surface area contributed by atoms with Gasteiger partial charge in [0.25, 0.3) is 0 Å². The maximum Gasteiger partial charge on any atom is 0.179 e. The number of rotatable bonds is 5. The Balaban J connectivity index is 0.000000463. The van der Waals surface area contributed by atoms with Gasteiger partial charge in [-0.3, -0.25) is 0 Å². The van der Waals surface area contributed by atoms with E-state index in [2.05, 4.69) is 27.5 Å². The van der Waals surface area contributed by atoms with E-state index >= 15 is 0 Å². The standard InChI is InChI=1S/C12H17N5O.C4H11N/c1-2-3-4-11(18)9-6-5-8(13)7-10(9)12-14-16-17-15-12;1-4(2,3)5/h5-7,11,18H,2-4,13H2,1H3,(H,14,15,16,17);5H2,1-3H3. The first-order valence-electron chi connectivity index (χ1n) is 7.82. The van der Waals surface area contributed by atoms with Gasteiger partial charge < -0.3 is 16.6 Å². The molecule has 2 rings (SSSR count). The number of nitrogens with zero attached hydrogens (tertiary/aromatic N) is 3. The Bertz CT molecular complexity index is 571. The Morgan fingerprint density at radius 3 is 2.48 bits per heavy atom. The van der Waals surface area contributed by atoms with Gasteiger partial charge in [-0.2, -0.15) is 0 Å². The molecule has 0 bridgehead atoms. The molecule has 23 heavy (non-hydrogen) atoms. The number of hydrogen-bond donors (Lipinski definition) is 4. The number of unbranched alkanes of at least 4 members (excludes halogenated alkanes) is 1. The summed E-state index contributed by atoms with van der Waals surface area (Å²) >= 11 is 0. The van der Waals surface area contributed by atoms with Gasteiger partial charge in [-0.1, -0.05) is 25.8 Å². The molecule has 1 atom stereocenters. The molecule has 0 amide bonds. The molecular weight excluding hydrogens is 292 g/mol. The highest BCUT2D eigenvalue weighted by Gasteiger charge is 2.15. The minimum Gasteiger partial charge on any atom is -0.399 e. The van der Waals surface area contributed by atoms with Crippen LogP contribution in [0.3, 0.4) is 0 Å². The van der Waals surface area contributed by atoms with Crippen LogP contribution in [-0.4, -0.2) is 31.3 Å². The third-order valence-corrected chi connectivity index (χ3v) is 2.87. The zero-order valence-corrected chi connectivity index (χ0v) is 14.4. The van der Waals surface area contributed by atoms with Crippen molar-refractivity contribution in [1.82, 2.24) is 20.6 Å². The molecule has 7 heteroatoms. The molecule has 0 spiro atoms. The van der Waals surface area contributed by atoms with E-state index in [1.54, 1.807) is 12.1 Å². The molecule has 0 aliphatic carbocycles. The van der Waals surface area contributed by atoms with E-state index in [1.807, 2.05) is 26.8 Å². The van der Waals surface area contributed by atoms with Crippen molar-refractivity contribution in [1.29, 1.82) is 0 Å². The summed E-state index contributed by atoms with van der Waals surface area (Å²) in [4.78, 5) is 0. The van der Waals surface area contributed by atoms with Crippen LogP contribution in [0.15, 0.2) is 18.2 Å². The summed E-state index contributed by atoms with van der Waals surface area (Å²) in [6.07, 6.45) is 2.21. The predicted molar refractivity (Wildman–Crippen MR) is 92.5 cm³/mol. The van der Waals surface area contributed by atoms with Gasteiger partial charge in [0.2, 0.25) is 0 Å². The molecule has 1 heterocycles.